The molecule has 2 heterocycles. The summed E-state index contributed by atoms with van der Waals surface area (Å²) in [6.45, 7) is 2.67. The first kappa shape index (κ1) is 15.8. The lowest BCUT2D eigenvalue weighted by Crippen LogP contribution is -2.23. The molecular weight excluding hydrogens is 336 g/mol. The zero-order chi connectivity index (χ0) is 18.4. The van der Waals surface area contributed by atoms with Crippen molar-refractivity contribution in [2.24, 2.45) is 0 Å². The summed E-state index contributed by atoms with van der Waals surface area (Å²) in [4.78, 5) is 0. The highest BCUT2D eigenvalue weighted by Crippen LogP contribution is 2.45. The van der Waals surface area contributed by atoms with Crippen LogP contribution in [-0.4, -0.2) is 17.8 Å². The molecule has 0 radical (unpaired) electrons. The SMILES string of the molecule is Cc1cc2c3c(c1)c1cccc(OCC#N)c1n3C(c1ccccc1)CO2. The maximum Gasteiger partial charge on any atom is 0.174 e. The van der Waals surface area contributed by atoms with Gasteiger partial charge < -0.3 is 14.0 Å². The summed E-state index contributed by atoms with van der Waals surface area (Å²) in [5, 5.41) is 11.3. The number of hydrogen-bond acceptors (Lipinski definition) is 3. The van der Waals surface area contributed by atoms with Crippen molar-refractivity contribution in [1.82, 2.24) is 4.57 Å². The minimum atomic E-state index is 0.0268. The normalized spacial score (nSPS) is 15.5. The standard InChI is InChI=1S/C23H18N2O2/c1-15-12-18-17-8-5-9-20(26-11-10-24)22(17)25-19(16-6-3-2-4-7-16)14-27-21(13-15)23(18)25/h2-9,12-13,19H,11,14H2,1H3. The number of aryl methyl sites for hydroxylation is 1. The van der Waals surface area contributed by atoms with E-state index in [1.54, 1.807) is 0 Å². The van der Waals surface area contributed by atoms with Crippen LogP contribution in [0.2, 0.25) is 0 Å². The van der Waals surface area contributed by atoms with E-state index in [1.165, 1.54) is 5.56 Å². The third-order valence-electron chi connectivity index (χ3n) is 5.18. The lowest BCUT2D eigenvalue weighted by molar-refractivity contribution is 0.261. The van der Waals surface area contributed by atoms with E-state index in [-0.39, 0.29) is 12.6 Å². The van der Waals surface area contributed by atoms with Crippen molar-refractivity contribution in [3.05, 3.63) is 71.8 Å². The first-order valence-corrected chi connectivity index (χ1v) is 9.02. The van der Waals surface area contributed by atoms with E-state index < -0.39 is 0 Å². The van der Waals surface area contributed by atoms with Gasteiger partial charge >= 0.3 is 0 Å². The number of hydrogen-bond donors (Lipinski definition) is 0. The van der Waals surface area contributed by atoms with Gasteiger partial charge in [0, 0.05) is 10.8 Å². The minimum absolute atomic E-state index is 0.0268. The lowest BCUT2D eigenvalue weighted by atomic mass is 10.1. The molecule has 0 fully saturated rings. The van der Waals surface area contributed by atoms with E-state index >= 15 is 0 Å². The Morgan fingerprint density at radius 1 is 1.07 bits per heavy atom. The van der Waals surface area contributed by atoms with Crippen LogP contribution in [0.4, 0.5) is 0 Å². The highest BCUT2D eigenvalue weighted by molar-refractivity contribution is 6.12. The van der Waals surface area contributed by atoms with Crippen LogP contribution < -0.4 is 9.47 Å². The zero-order valence-electron chi connectivity index (χ0n) is 15.0. The molecule has 1 aromatic heterocycles. The van der Waals surface area contributed by atoms with Gasteiger partial charge in [-0.25, -0.2) is 0 Å². The van der Waals surface area contributed by atoms with Gasteiger partial charge in [0.15, 0.2) is 6.61 Å². The number of para-hydroxylation sites is 1. The van der Waals surface area contributed by atoms with Gasteiger partial charge in [0.05, 0.1) is 17.1 Å². The average molecular weight is 354 g/mol. The molecule has 0 spiro atoms. The van der Waals surface area contributed by atoms with Gasteiger partial charge in [0.25, 0.3) is 0 Å². The fraction of sp³-hybridized carbons (Fsp3) is 0.174. The fourth-order valence-electron chi connectivity index (χ4n) is 4.11. The summed E-state index contributed by atoms with van der Waals surface area (Å²) >= 11 is 0. The van der Waals surface area contributed by atoms with Crippen LogP contribution in [0.15, 0.2) is 60.7 Å². The summed E-state index contributed by atoms with van der Waals surface area (Å²) in [6, 6.07) is 22.8. The monoisotopic (exact) mass is 354 g/mol. The Kier molecular flexibility index (Phi) is 3.54. The summed E-state index contributed by atoms with van der Waals surface area (Å²) in [7, 11) is 0. The number of fused-ring (bicyclic) bond motifs is 3. The number of nitriles is 1. The lowest BCUT2D eigenvalue weighted by Gasteiger charge is -2.28. The van der Waals surface area contributed by atoms with Crippen LogP contribution in [0, 0.1) is 18.3 Å². The molecule has 1 unspecified atom stereocenters. The van der Waals surface area contributed by atoms with E-state index in [0.29, 0.717) is 6.61 Å². The Bertz CT molecular complexity index is 1200. The van der Waals surface area contributed by atoms with Crippen molar-refractivity contribution in [2.75, 3.05) is 13.2 Å². The summed E-state index contributed by atoms with van der Waals surface area (Å²) in [5.41, 5.74) is 4.46. The molecule has 0 saturated carbocycles. The average Bonchev–Trinajstić information content (AvgIpc) is 3.03. The van der Waals surface area contributed by atoms with Crippen LogP contribution in [0.1, 0.15) is 17.2 Å². The van der Waals surface area contributed by atoms with Crippen molar-refractivity contribution in [3.8, 4) is 17.6 Å². The molecule has 3 aromatic carbocycles. The molecule has 0 aliphatic carbocycles. The minimum Gasteiger partial charge on any atom is -0.489 e. The van der Waals surface area contributed by atoms with Crippen LogP contribution >= 0.6 is 0 Å². The molecular formula is C23H18N2O2. The Balaban J connectivity index is 1.89. The maximum absolute atomic E-state index is 8.99. The highest BCUT2D eigenvalue weighted by atomic mass is 16.5. The van der Waals surface area contributed by atoms with Crippen LogP contribution in [0.5, 0.6) is 11.5 Å². The van der Waals surface area contributed by atoms with Gasteiger partial charge in [0.1, 0.15) is 24.2 Å². The van der Waals surface area contributed by atoms with Gasteiger partial charge in [-0.3, -0.25) is 0 Å². The van der Waals surface area contributed by atoms with Gasteiger partial charge in [-0.1, -0.05) is 42.5 Å². The Labute approximate surface area is 157 Å². The maximum atomic E-state index is 8.99. The van der Waals surface area contributed by atoms with Gasteiger partial charge in [-0.15, -0.1) is 0 Å². The van der Waals surface area contributed by atoms with Crippen molar-refractivity contribution in [3.63, 3.8) is 0 Å². The molecule has 0 bridgehead atoms. The number of rotatable bonds is 3. The van der Waals surface area contributed by atoms with E-state index in [2.05, 4.69) is 60.0 Å². The van der Waals surface area contributed by atoms with Crippen molar-refractivity contribution >= 4 is 21.8 Å². The predicted octanol–water partition coefficient (Wildman–Crippen LogP) is 4.99. The molecule has 5 rings (SSSR count). The number of ether oxygens (including phenoxy) is 2. The summed E-state index contributed by atoms with van der Waals surface area (Å²) in [5.74, 6) is 1.64. The first-order chi connectivity index (χ1) is 13.3. The van der Waals surface area contributed by atoms with E-state index in [0.717, 1.165) is 38.9 Å². The van der Waals surface area contributed by atoms with E-state index in [1.807, 2.05) is 18.2 Å². The molecule has 4 aromatic rings. The predicted molar refractivity (Wildman–Crippen MR) is 105 cm³/mol. The quantitative estimate of drug-likeness (QED) is 0.521. The van der Waals surface area contributed by atoms with Crippen LogP contribution in [0.25, 0.3) is 21.8 Å². The highest BCUT2D eigenvalue weighted by Gasteiger charge is 2.29. The molecule has 132 valence electrons. The Hall–Kier alpha value is -3.45. The van der Waals surface area contributed by atoms with Crippen molar-refractivity contribution < 1.29 is 9.47 Å². The molecule has 27 heavy (non-hydrogen) atoms. The van der Waals surface area contributed by atoms with Gasteiger partial charge in [-0.2, -0.15) is 5.26 Å². The van der Waals surface area contributed by atoms with Crippen molar-refractivity contribution in [1.29, 1.82) is 5.26 Å². The third-order valence-corrected chi connectivity index (χ3v) is 5.18. The first-order valence-electron chi connectivity index (χ1n) is 9.02. The topological polar surface area (TPSA) is 47.2 Å². The second-order valence-corrected chi connectivity index (χ2v) is 6.87. The van der Waals surface area contributed by atoms with E-state index in [9.17, 15) is 0 Å². The van der Waals surface area contributed by atoms with E-state index in [4.69, 9.17) is 14.7 Å². The van der Waals surface area contributed by atoms with Crippen LogP contribution in [-0.2, 0) is 0 Å². The summed E-state index contributed by atoms with van der Waals surface area (Å²) < 4.78 is 14.3. The molecule has 0 N–H and O–H groups in total. The Morgan fingerprint density at radius 2 is 1.93 bits per heavy atom. The molecule has 1 atom stereocenters. The summed E-state index contributed by atoms with van der Waals surface area (Å²) in [6.07, 6.45) is 0. The second kappa shape index (κ2) is 6.07. The molecule has 4 nitrogen and oxygen atoms in total. The third kappa shape index (κ3) is 2.36. The van der Waals surface area contributed by atoms with Gasteiger partial charge in [-0.05, 0) is 36.2 Å². The molecule has 1 aliphatic rings. The molecule has 0 amide bonds. The molecule has 1 aliphatic heterocycles. The largest absolute Gasteiger partial charge is 0.489 e. The number of aromatic nitrogens is 1. The smallest absolute Gasteiger partial charge is 0.174 e. The molecule has 0 saturated heterocycles. The zero-order valence-corrected chi connectivity index (χ0v) is 15.0. The second-order valence-electron chi connectivity index (χ2n) is 6.87. The van der Waals surface area contributed by atoms with Crippen LogP contribution in [0.3, 0.4) is 0 Å². The fourth-order valence-corrected chi connectivity index (χ4v) is 4.11. The van der Waals surface area contributed by atoms with Gasteiger partial charge in [0.2, 0.25) is 0 Å². The number of benzene rings is 3. The molecule has 4 heteroatoms. The Morgan fingerprint density at radius 3 is 2.74 bits per heavy atom. The number of nitrogens with zero attached hydrogens (tertiary/aromatic N) is 2. The van der Waals surface area contributed by atoms with Crippen molar-refractivity contribution in [2.45, 2.75) is 13.0 Å².